The van der Waals surface area contributed by atoms with Gasteiger partial charge in [-0.1, -0.05) is 0 Å². The van der Waals surface area contributed by atoms with E-state index in [1.807, 2.05) is 0 Å². The predicted molar refractivity (Wildman–Crippen MR) is 66.1 cm³/mol. The average molecular weight is 302 g/mol. The van der Waals surface area contributed by atoms with Gasteiger partial charge in [0.2, 0.25) is 5.91 Å². The Morgan fingerprint density at radius 2 is 2.29 bits per heavy atom. The molecule has 1 amide bonds. The third-order valence-electron chi connectivity index (χ3n) is 2.47. The number of hydrogen-bond donors (Lipinski definition) is 2. The molecule has 0 spiro atoms. The summed E-state index contributed by atoms with van der Waals surface area (Å²) >= 11 is 3.13. The summed E-state index contributed by atoms with van der Waals surface area (Å²) in [5, 5.41) is 5.62. The Labute approximate surface area is 107 Å². The monoisotopic (exact) mass is 301 g/mol. The molecule has 1 aliphatic rings. The number of nitrogens with one attached hydrogen (secondary N) is 2. The number of halogens is 2. The van der Waals surface area contributed by atoms with E-state index in [-0.39, 0.29) is 17.6 Å². The number of hydrogen-bond acceptors (Lipinski definition) is 3. The minimum absolute atomic E-state index is 0.0936. The molecule has 1 aromatic heterocycles. The average Bonchev–Trinajstić information content (AvgIpc) is 3.10. The summed E-state index contributed by atoms with van der Waals surface area (Å²) in [6.45, 7) is 0.941. The van der Waals surface area contributed by atoms with Gasteiger partial charge in [-0.25, -0.2) is 9.37 Å². The van der Waals surface area contributed by atoms with Crippen LogP contribution in [0.4, 0.5) is 10.2 Å². The van der Waals surface area contributed by atoms with Crippen LogP contribution in [0.15, 0.2) is 16.7 Å². The second kappa shape index (κ2) is 5.44. The molecule has 2 N–H and O–H groups in total. The van der Waals surface area contributed by atoms with Gasteiger partial charge in [-0.15, -0.1) is 0 Å². The van der Waals surface area contributed by atoms with Crippen molar-refractivity contribution in [2.75, 3.05) is 18.4 Å². The molecule has 6 heteroatoms. The van der Waals surface area contributed by atoms with E-state index < -0.39 is 5.82 Å². The molecule has 1 aromatic rings. The molecule has 0 bridgehead atoms. The van der Waals surface area contributed by atoms with Crippen molar-refractivity contribution < 1.29 is 9.18 Å². The van der Waals surface area contributed by atoms with Gasteiger partial charge in [0.1, 0.15) is 0 Å². The number of amides is 1. The fourth-order valence-corrected chi connectivity index (χ4v) is 1.70. The smallest absolute Gasteiger partial charge is 0.223 e. The summed E-state index contributed by atoms with van der Waals surface area (Å²) in [5.41, 5.74) is 0. The second-order valence-electron chi connectivity index (χ2n) is 3.98. The lowest BCUT2D eigenvalue weighted by molar-refractivity contribution is -0.122. The Morgan fingerprint density at radius 3 is 2.94 bits per heavy atom. The van der Waals surface area contributed by atoms with Crippen LogP contribution in [0.1, 0.15) is 12.8 Å². The summed E-state index contributed by atoms with van der Waals surface area (Å²) in [7, 11) is 0. The molecule has 1 heterocycles. The van der Waals surface area contributed by atoms with Gasteiger partial charge in [-0.05, 0) is 34.8 Å². The molecule has 0 aliphatic heterocycles. The Kier molecular flexibility index (Phi) is 3.93. The lowest BCUT2D eigenvalue weighted by Gasteiger charge is -2.07. The maximum Gasteiger partial charge on any atom is 0.223 e. The van der Waals surface area contributed by atoms with Crippen molar-refractivity contribution in [1.82, 2.24) is 10.3 Å². The highest BCUT2D eigenvalue weighted by molar-refractivity contribution is 9.10. The minimum atomic E-state index is -0.409. The van der Waals surface area contributed by atoms with Crippen LogP contribution in [-0.4, -0.2) is 24.0 Å². The highest BCUT2D eigenvalue weighted by atomic mass is 79.9. The van der Waals surface area contributed by atoms with Crippen molar-refractivity contribution in [3.8, 4) is 0 Å². The van der Waals surface area contributed by atoms with Crippen molar-refractivity contribution in [1.29, 1.82) is 0 Å². The molecule has 0 radical (unpaired) electrons. The van der Waals surface area contributed by atoms with Crippen LogP contribution >= 0.6 is 15.9 Å². The SMILES string of the molecule is O=C(NCCNc1ncc(Br)cc1F)C1CC1. The summed E-state index contributed by atoms with van der Waals surface area (Å²) in [4.78, 5) is 15.2. The van der Waals surface area contributed by atoms with Gasteiger partial charge in [-0.3, -0.25) is 4.79 Å². The molecule has 0 unspecified atom stereocenters. The Bertz CT molecular complexity index is 423. The number of rotatable bonds is 5. The molecule has 0 atom stereocenters. The number of carbonyl (C=O) groups excluding carboxylic acids is 1. The summed E-state index contributed by atoms with van der Waals surface area (Å²) < 4.78 is 13.9. The van der Waals surface area contributed by atoms with Gasteiger partial charge < -0.3 is 10.6 Å². The van der Waals surface area contributed by atoms with Crippen molar-refractivity contribution in [3.05, 3.63) is 22.6 Å². The van der Waals surface area contributed by atoms with Gasteiger partial charge in [-0.2, -0.15) is 0 Å². The normalized spacial score (nSPS) is 14.5. The van der Waals surface area contributed by atoms with E-state index in [0.29, 0.717) is 17.6 Å². The van der Waals surface area contributed by atoms with Crippen LogP contribution < -0.4 is 10.6 Å². The summed E-state index contributed by atoms with van der Waals surface area (Å²) in [5.74, 6) is 0.0929. The molecule has 4 nitrogen and oxygen atoms in total. The van der Waals surface area contributed by atoms with Crippen molar-refractivity contribution in [2.45, 2.75) is 12.8 Å². The fraction of sp³-hybridized carbons (Fsp3) is 0.455. The van der Waals surface area contributed by atoms with Crippen LogP contribution in [-0.2, 0) is 4.79 Å². The predicted octanol–water partition coefficient (Wildman–Crippen LogP) is 1.92. The standard InChI is InChI=1S/C11H13BrFN3O/c12-8-5-9(13)10(16-6-8)14-3-4-15-11(17)7-1-2-7/h5-7H,1-4H2,(H,14,16)(H,15,17). The van der Waals surface area contributed by atoms with E-state index in [4.69, 9.17) is 0 Å². The van der Waals surface area contributed by atoms with E-state index >= 15 is 0 Å². The zero-order chi connectivity index (χ0) is 12.3. The first-order chi connectivity index (χ1) is 8.16. The van der Waals surface area contributed by atoms with Gasteiger partial charge in [0.05, 0.1) is 0 Å². The third-order valence-corrected chi connectivity index (χ3v) is 2.91. The first kappa shape index (κ1) is 12.3. The summed E-state index contributed by atoms with van der Waals surface area (Å²) in [6.07, 6.45) is 3.50. The van der Waals surface area contributed by atoms with Crippen LogP contribution in [0.25, 0.3) is 0 Å². The van der Waals surface area contributed by atoms with Crippen molar-refractivity contribution >= 4 is 27.7 Å². The third kappa shape index (κ3) is 3.66. The maximum absolute atomic E-state index is 13.3. The first-order valence-corrected chi connectivity index (χ1v) is 6.29. The zero-order valence-electron chi connectivity index (χ0n) is 9.17. The number of pyridine rings is 1. The Hall–Kier alpha value is -1.17. The summed E-state index contributed by atoms with van der Waals surface area (Å²) in [6, 6.07) is 1.35. The molecule has 92 valence electrons. The second-order valence-corrected chi connectivity index (χ2v) is 4.89. The number of carbonyl (C=O) groups is 1. The Morgan fingerprint density at radius 1 is 1.53 bits per heavy atom. The van der Waals surface area contributed by atoms with Gasteiger partial charge >= 0.3 is 0 Å². The van der Waals surface area contributed by atoms with E-state index in [1.165, 1.54) is 12.3 Å². The molecule has 17 heavy (non-hydrogen) atoms. The molecule has 1 saturated carbocycles. The fourth-order valence-electron chi connectivity index (χ4n) is 1.40. The molecule has 0 saturated heterocycles. The minimum Gasteiger partial charge on any atom is -0.366 e. The van der Waals surface area contributed by atoms with Crippen LogP contribution in [0.3, 0.4) is 0 Å². The lowest BCUT2D eigenvalue weighted by Crippen LogP contribution is -2.30. The zero-order valence-corrected chi connectivity index (χ0v) is 10.8. The molecule has 2 rings (SSSR count). The van der Waals surface area contributed by atoms with Gasteiger partial charge in [0.25, 0.3) is 0 Å². The Balaban J connectivity index is 1.72. The van der Waals surface area contributed by atoms with Gasteiger partial charge in [0.15, 0.2) is 11.6 Å². The number of nitrogens with zero attached hydrogens (tertiary/aromatic N) is 1. The first-order valence-electron chi connectivity index (χ1n) is 5.49. The van der Waals surface area contributed by atoms with Crippen LogP contribution in [0.5, 0.6) is 0 Å². The van der Waals surface area contributed by atoms with E-state index in [9.17, 15) is 9.18 Å². The molecule has 1 aliphatic carbocycles. The largest absolute Gasteiger partial charge is 0.366 e. The van der Waals surface area contributed by atoms with E-state index in [1.54, 1.807) is 0 Å². The number of anilines is 1. The quantitative estimate of drug-likeness (QED) is 0.817. The maximum atomic E-state index is 13.3. The van der Waals surface area contributed by atoms with Crippen LogP contribution in [0, 0.1) is 11.7 Å². The van der Waals surface area contributed by atoms with E-state index in [0.717, 1.165) is 12.8 Å². The highest BCUT2D eigenvalue weighted by Crippen LogP contribution is 2.28. The molecule has 0 aromatic carbocycles. The van der Waals surface area contributed by atoms with Crippen molar-refractivity contribution in [3.63, 3.8) is 0 Å². The van der Waals surface area contributed by atoms with Gasteiger partial charge in [0, 0.05) is 29.7 Å². The molecular weight excluding hydrogens is 289 g/mol. The highest BCUT2D eigenvalue weighted by Gasteiger charge is 2.28. The molecular formula is C11H13BrFN3O. The topological polar surface area (TPSA) is 54.0 Å². The number of aromatic nitrogens is 1. The molecule has 1 fully saturated rings. The lowest BCUT2D eigenvalue weighted by atomic mass is 10.4. The van der Waals surface area contributed by atoms with E-state index in [2.05, 4.69) is 31.5 Å². The van der Waals surface area contributed by atoms with Crippen molar-refractivity contribution in [2.24, 2.45) is 5.92 Å². The van der Waals surface area contributed by atoms with Crippen LogP contribution in [0.2, 0.25) is 0 Å².